The molecule has 0 aliphatic heterocycles. The van der Waals surface area contributed by atoms with Gasteiger partial charge < -0.3 is 14.8 Å². The van der Waals surface area contributed by atoms with Crippen molar-refractivity contribution in [3.63, 3.8) is 0 Å². The topological polar surface area (TPSA) is 64.6 Å². The highest BCUT2D eigenvalue weighted by Crippen LogP contribution is 2.25. The van der Waals surface area contributed by atoms with E-state index in [0.29, 0.717) is 16.7 Å². The predicted molar refractivity (Wildman–Crippen MR) is 80.6 cm³/mol. The van der Waals surface area contributed by atoms with Crippen LogP contribution >= 0.6 is 11.6 Å². The first-order chi connectivity index (χ1) is 9.65. The smallest absolute Gasteiger partial charge is 0.407 e. The second kappa shape index (κ2) is 6.80. The number of nitrogens with one attached hydrogen (secondary N) is 1. The zero-order chi connectivity index (χ0) is 16.2. The number of carbonyl (C=O) groups excluding carboxylic acids is 2. The Bertz CT molecular complexity index is 549. The van der Waals surface area contributed by atoms with Gasteiger partial charge in [0.15, 0.2) is 0 Å². The van der Waals surface area contributed by atoms with Crippen LogP contribution in [0.1, 0.15) is 42.3 Å². The van der Waals surface area contributed by atoms with Gasteiger partial charge in [-0.25, -0.2) is 9.59 Å². The van der Waals surface area contributed by atoms with E-state index >= 15 is 0 Å². The van der Waals surface area contributed by atoms with Gasteiger partial charge in [0.1, 0.15) is 5.60 Å². The SMILES string of the molecule is COC(=O)c1c(C)ccc(CNC(=O)OC(C)(C)C)c1Cl. The van der Waals surface area contributed by atoms with Crippen molar-refractivity contribution in [1.82, 2.24) is 5.32 Å². The molecule has 1 rings (SSSR count). The minimum Gasteiger partial charge on any atom is -0.465 e. The highest BCUT2D eigenvalue weighted by atomic mass is 35.5. The minimum absolute atomic E-state index is 0.165. The summed E-state index contributed by atoms with van der Waals surface area (Å²) in [5, 5.41) is 2.88. The Kier molecular flexibility index (Phi) is 5.61. The third-order valence-corrected chi connectivity index (χ3v) is 3.07. The summed E-state index contributed by atoms with van der Waals surface area (Å²) in [4.78, 5) is 23.3. The van der Waals surface area contributed by atoms with Crippen molar-refractivity contribution >= 4 is 23.7 Å². The van der Waals surface area contributed by atoms with Gasteiger partial charge in [-0.15, -0.1) is 0 Å². The van der Waals surface area contributed by atoms with Gasteiger partial charge in [-0.1, -0.05) is 23.7 Å². The van der Waals surface area contributed by atoms with E-state index in [9.17, 15) is 9.59 Å². The number of aryl methyl sites for hydroxylation is 1. The molecule has 0 fully saturated rings. The third-order valence-electron chi connectivity index (χ3n) is 2.64. The lowest BCUT2D eigenvalue weighted by atomic mass is 10.0. The van der Waals surface area contributed by atoms with Gasteiger partial charge in [-0.3, -0.25) is 0 Å². The Morgan fingerprint density at radius 3 is 2.43 bits per heavy atom. The van der Waals surface area contributed by atoms with Crippen LogP contribution in [0, 0.1) is 6.92 Å². The van der Waals surface area contributed by atoms with Crippen LogP contribution in [-0.4, -0.2) is 24.8 Å². The number of methoxy groups -OCH3 is 1. The molecule has 0 aliphatic rings. The number of amides is 1. The van der Waals surface area contributed by atoms with E-state index in [1.54, 1.807) is 39.8 Å². The molecule has 0 radical (unpaired) electrons. The quantitative estimate of drug-likeness (QED) is 0.868. The second-order valence-electron chi connectivity index (χ2n) is 5.58. The standard InChI is InChI=1S/C15H20ClNO4/c1-9-6-7-10(12(16)11(9)13(18)20-5)8-17-14(19)21-15(2,3)4/h6-7H,8H2,1-5H3,(H,17,19). The van der Waals surface area contributed by atoms with Crippen LogP contribution in [-0.2, 0) is 16.0 Å². The highest BCUT2D eigenvalue weighted by Gasteiger charge is 2.19. The summed E-state index contributed by atoms with van der Waals surface area (Å²) in [5.41, 5.74) is 1.07. The number of carbonyl (C=O) groups is 2. The molecule has 0 unspecified atom stereocenters. The average Bonchev–Trinajstić information content (AvgIpc) is 2.35. The molecule has 1 N–H and O–H groups in total. The molecule has 1 aromatic carbocycles. The van der Waals surface area contributed by atoms with E-state index in [1.165, 1.54) is 7.11 Å². The van der Waals surface area contributed by atoms with Gasteiger partial charge in [0.2, 0.25) is 0 Å². The van der Waals surface area contributed by atoms with E-state index in [2.05, 4.69) is 5.32 Å². The van der Waals surface area contributed by atoms with Crippen LogP contribution in [0.25, 0.3) is 0 Å². The molecule has 0 bridgehead atoms. The highest BCUT2D eigenvalue weighted by molar-refractivity contribution is 6.34. The molecular formula is C15H20ClNO4. The monoisotopic (exact) mass is 313 g/mol. The summed E-state index contributed by atoms with van der Waals surface area (Å²) in [6.45, 7) is 7.27. The third kappa shape index (κ3) is 4.93. The van der Waals surface area contributed by atoms with Crippen LogP contribution in [0.2, 0.25) is 5.02 Å². The Hall–Kier alpha value is -1.75. The summed E-state index contributed by atoms with van der Waals surface area (Å²) >= 11 is 6.21. The van der Waals surface area contributed by atoms with E-state index < -0.39 is 17.7 Å². The molecule has 0 atom stereocenters. The summed E-state index contributed by atoms with van der Waals surface area (Å²) in [5.74, 6) is -0.503. The first kappa shape index (κ1) is 17.3. The van der Waals surface area contributed by atoms with Crippen molar-refractivity contribution in [3.8, 4) is 0 Å². The fourth-order valence-electron chi connectivity index (χ4n) is 1.69. The number of benzene rings is 1. The number of halogens is 1. The molecule has 5 nitrogen and oxygen atoms in total. The summed E-state index contributed by atoms with van der Waals surface area (Å²) in [7, 11) is 1.30. The lowest BCUT2D eigenvalue weighted by Gasteiger charge is -2.20. The van der Waals surface area contributed by atoms with E-state index in [-0.39, 0.29) is 11.6 Å². The lowest BCUT2D eigenvalue weighted by molar-refractivity contribution is 0.0523. The van der Waals surface area contributed by atoms with Gasteiger partial charge in [-0.2, -0.15) is 0 Å². The molecule has 0 aromatic heterocycles. The van der Waals surface area contributed by atoms with Gasteiger partial charge in [0, 0.05) is 6.54 Å². The van der Waals surface area contributed by atoms with Crippen molar-refractivity contribution in [3.05, 3.63) is 33.8 Å². The molecule has 0 spiro atoms. The van der Waals surface area contributed by atoms with Gasteiger partial charge in [0.05, 0.1) is 17.7 Å². The Morgan fingerprint density at radius 2 is 1.90 bits per heavy atom. The van der Waals surface area contributed by atoms with Crippen LogP contribution in [0.4, 0.5) is 4.79 Å². The molecule has 1 aromatic rings. The van der Waals surface area contributed by atoms with Crippen molar-refractivity contribution < 1.29 is 19.1 Å². The van der Waals surface area contributed by atoms with E-state index in [4.69, 9.17) is 21.1 Å². The lowest BCUT2D eigenvalue weighted by Crippen LogP contribution is -2.32. The normalized spacial score (nSPS) is 11.0. The van der Waals surface area contributed by atoms with Crippen molar-refractivity contribution in [1.29, 1.82) is 0 Å². The molecule has 0 heterocycles. The zero-order valence-corrected chi connectivity index (χ0v) is 13.6. The number of esters is 1. The summed E-state index contributed by atoms with van der Waals surface area (Å²) in [6, 6.07) is 3.51. The maximum absolute atomic E-state index is 11.7. The fraction of sp³-hybridized carbons (Fsp3) is 0.467. The molecule has 6 heteroatoms. The largest absolute Gasteiger partial charge is 0.465 e. The Morgan fingerprint density at radius 1 is 1.29 bits per heavy atom. The van der Waals surface area contributed by atoms with E-state index in [1.807, 2.05) is 0 Å². The minimum atomic E-state index is -0.571. The molecule has 0 saturated carbocycles. The van der Waals surface area contributed by atoms with Crippen molar-refractivity contribution in [2.45, 2.75) is 39.8 Å². The first-order valence-electron chi connectivity index (χ1n) is 6.49. The first-order valence-corrected chi connectivity index (χ1v) is 6.86. The summed E-state index contributed by atoms with van der Waals surface area (Å²) < 4.78 is 9.85. The van der Waals surface area contributed by atoms with Crippen LogP contribution in [0.5, 0.6) is 0 Å². The maximum atomic E-state index is 11.7. The molecule has 1 amide bonds. The van der Waals surface area contributed by atoms with Crippen molar-refractivity contribution in [2.75, 3.05) is 7.11 Å². The number of hydrogen-bond donors (Lipinski definition) is 1. The maximum Gasteiger partial charge on any atom is 0.407 e. The van der Waals surface area contributed by atoms with Crippen LogP contribution in [0.15, 0.2) is 12.1 Å². The number of alkyl carbamates (subject to hydrolysis) is 1. The Balaban J connectivity index is 2.86. The van der Waals surface area contributed by atoms with Gasteiger partial charge in [0.25, 0.3) is 0 Å². The Labute approximate surface area is 129 Å². The number of rotatable bonds is 3. The second-order valence-corrected chi connectivity index (χ2v) is 5.96. The molecule has 0 aliphatic carbocycles. The zero-order valence-electron chi connectivity index (χ0n) is 12.9. The van der Waals surface area contributed by atoms with Crippen molar-refractivity contribution in [2.24, 2.45) is 0 Å². The van der Waals surface area contributed by atoms with Crippen LogP contribution < -0.4 is 5.32 Å². The fourth-order valence-corrected chi connectivity index (χ4v) is 2.04. The number of hydrogen-bond acceptors (Lipinski definition) is 4. The van der Waals surface area contributed by atoms with Gasteiger partial charge >= 0.3 is 12.1 Å². The predicted octanol–water partition coefficient (Wildman–Crippen LogP) is 3.46. The van der Waals surface area contributed by atoms with Gasteiger partial charge in [-0.05, 0) is 38.8 Å². The number of ether oxygens (including phenoxy) is 2. The molecule has 21 heavy (non-hydrogen) atoms. The van der Waals surface area contributed by atoms with Crippen LogP contribution in [0.3, 0.4) is 0 Å². The molecule has 116 valence electrons. The molecule has 0 saturated heterocycles. The average molecular weight is 314 g/mol. The summed E-state index contributed by atoms with van der Waals surface area (Å²) in [6.07, 6.45) is -0.543. The van der Waals surface area contributed by atoms with E-state index in [0.717, 1.165) is 0 Å². The molecular weight excluding hydrogens is 294 g/mol.